The summed E-state index contributed by atoms with van der Waals surface area (Å²) < 4.78 is 39.4. The third-order valence-corrected chi connectivity index (χ3v) is 4.60. The van der Waals surface area contributed by atoms with Crippen molar-refractivity contribution < 1.29 is 33.3 Å². The molecule has 2 rings (SSSR count). The van der Waals surface area contributed by atoms with Crippen molar-refractivity contribution in [1.29, 1.82) is 0 Å². The summed E-state index contributed by atoms with van der Waals surface area (Å²) >= 11 is 0. The fourth-order valence-corrected chi connectivity index (χ4v) is 3.08. The number of nitrogens with zero attached hydrogens (tertiary/aromatic N) is 2. The van der Waals surface area contributed by atoms with Crippen molar-refractivity contribution in [2.24, 2.45) is 0 Å². The molecule has 0 atom stereocenters. The molecule has 7 nitrogen and oxygen atoms in total. The van der Waals surface area contributed by atoms with Crippen LogP contribution in [0.5, 0.6) is 23.0 Å². The van der Waals surface area contributed by atoms with Gasteiger partial charge in [0.2, 0.25) is 0 Å². The average Bonchev–Trinajstić information content (AvgIpc) is 2.74. The first-order valence-electron chi connectivity index (χ1n) is 9.47. The number of phenols is 2. The number of ether oxygens (including phenoxy) is 2. The number of anilines is 2. The molecule has 32 heavy (non-hydrogen) atoms. The van der Waals surface area contributed by atoms with E-state index in [9.17, 15) is 23.8 Å². The summed E-state index contributed by atoms with van der Waals surface area (Å²) in [5.41, 5.74) is 0.206. The van der Waals surface area contributed by atoms with Crippen LogP contribution in [-0.2, 0) is 4.79 Å². The molecule has 0 saturated carbocycles. The van der Waals surface area contributed by atoms with Gasteiger partial charge in [0.05, 0.1) is 14.2 Å². The van der Waals surface area contributed by atoms with Crippen molar-refractivity contribution in [2.45, 2.75) is 0 Å². The van der Waals surface area contributed by atoms with E-state index >= 15 is 0 Å². The average molecular weight is 448 g/mol. The van der Waals surface area contributed by atoms with E-state index in [0.717, 1.165) is 12.2 Å². The van der Waals surface area contributed by atoms with Crippen molar-refractivity contribution in [3.05, 3.63) is 47.0 Å². The SMILES string of the molecule is COc1cc(/C=C/C(=O)/C=C/c2cc(OC)c(N(C)C)c(O)c2F)c(F)c(O)c1N(C)C. The number of aromatic hydroxyl groups is 2. The number of ketones is 1. The molecule has 0 spiro atoms. The monoisotopic (exact) mass is 448 g/mol. The van der Waals surface area contributed by atoms with Gasteiger partial charge in [-0.2, -0.15) is 0 Å². The Bertz CT molecular complexity index is 996. The second-order valence-corrected chi connectivity index (χ2v) is 7.22. The van der Waals surface area contributed by atoms with Crippen LogP contribution in [-0.4, -0.2) is 58.4 Å². The Morgan fingerprint density at radius 1 is 0.812 bits per heavy atom. The molecule has 0 fully saturated rings. The molecule has 0 aliphatic heterocycles. The molecule has 2 aromatic rings. The third kappa shape index (κ3) is 4.93. The number of methoxy groups -OCH3 is 2. The van der Waals surface area contributed by atoms with Crippen molar-refractivity contribution in [2.75, 3.05) is 52.2 Å². The number of phenolic OH excluding ortho intramolecular Hbond substituents is 2. The largest absolute Gasteiger partial charge is 0.503 e. The van der Waals surface area contributed by atoms with Gasteiger partial charge in [-0.1, -0.05) is 0 Å². The lowest BCUT2D eigenvalue weighted by Gasteiger charge is -2.19. The van der Waals surface area contributed by atoms with Crippen LogP contribution >= 0.6 is 0 Å². The molecule has 172 valence electrons. The number of halogens is 2. The van der Waals surface area contributed by atoms with Gasteiger partial charge >= 0.3 is 0 Å². The zero-order chi connectivity index (χ0) is 24.2. The number of allylic oxidation sites excluding steroid dienone is 2. The maximum absolute atomic E-state index is 14.5. The molecule has 0 radical (unpaired) electrons. The van der Waals surface area contributed by atoms with Crippen molar-refractivity contribution in [1.82, 2.24) is 0 Å². The van der Waals surface area contributed by atoms with E-state index in [-0.39, 0.29) is 34.0 Å². The lowest BCUT2D eigenvalue weighted by atomic mass is 10.1. The highest BCUT2D eigenvalue weighted by atomic mass is 19.1. The zero-order valence-electron chi connectivity index (χ0n) is 18.7. The molecular formula is C23H26F2N2O5. The maximum atomic E-state index is 14.5. The van der Waals surface area contributed by atoms with E-state index in [1.165, 1.54) is 48.3 Å². The number of benzene rings is 2. The van der Waals surface area contributed by atoms with E-state index < -0.39 is 28.9 Å². The van der Waals surface area contributed by atoms with E-state index in [1.807, 2.05) is 0 Å². The van der Waals surface area contributed by atoms with Gasteiger partial charge in [0.25, 0.3) is 0 Å². The zero-order valence-corrected chi connectivity index (χ0v) is 18.7. The predicted octanol–water partition coefficient (Wildman–Crippen LogP) is 3.82. The summed E-state index contributed by atoms with van der Waals surface area (Å²) in [5, 5.41) is 20.3. The minimum atomic E-state index is -0.914. The van der Waals surface area contributed by atoms with E-state index in [1.54, 1.807) is 28.2 Å². The van der Waals surface area contributed by atoms with E-state index in [2.05, 4.69) is 0 Å². The maximum Gasteiger partial charge on any atom is 0.179 e. The summed E-state index contributed by atoms with van der Waals surface area (Å²) in [6, 6.07) is 2.70. The van der Waals surface area contributed by atoms with Gasteiger partial charge in [-0.25, -0.2) is 8.78 Å². The van der Waals surface area contributed by atoms with Gasteiger partial charge < -0.3 is 29.5 Å². The molecule has 2 N–H and O–H groups in total. The van der Waals surface area contributed by atoms with Gasteiger partial charge in [0, 0.05) is 39.3 Å². The van der Waals surface area contributed by atoms with Crippen LogP contribution in [0.4, 0.5) is 20.2 Å². The number of rotatable bonds is 8. The van der Waals surface area contributed by atoms with Crippen molar-refractivity contribution in [3.8, 4) is 23.0 Å². The fourth-order valence-electron chi connectivity index (χ4n) is 3.08. The second kappa shape index (κ2) is 10.0. The summed E-state index contributed by atoms with van der Waals surface area (Å²) in [4.78, 5) is 15.2. The van der Waals surface area contributed by atoms with Crippen LogP contribution in [0.2, 0.25) is 0 Å². The van der Waals surface area contributed by atoms with Crippen molar-refractivity contribution in [3.63, 3.8) is 0 Å². The molecule has 0 aliphatic rings. The third-order valence-electron chi connectivity index (χ3n) is 4.60. The van der Waals surface area contributed by atoms with Gasteiger partial charge in [0.1, 0.15) is 22.9 Å². The summed E-state index contributed by atoms with van der Waals surface area (Å²) in [7, 11) is 9.24. The molecule has 0 amide bonds. The molecule has 9 heteroatoms. The molecule has 0 heterocycles. The quantitative estimate of drug-likeness (QED) is 0.594. The van der Waals surface area contributed by atoms with Crippen LogP contribution in [0.3, 0.4) is 0 Å². The van der Waals surface area contributed by atoms with Crippen LogP contribution in [0.25, 0.3) is 12.2 Å². The van der Waals surface area contributed by atoms with Crippen LogP contribution in [0, 0.1) is 11.6 Å². The summed E-state index contributed by atoms with van der Waals surface area (Å²) in [5.74, 6) is -3.17. The summed E-state index contributed by atoms with van der Waals surface area (Å²) in [6.07, 6.45) is 4.47. The van der Waals surface area contributed by atoms with Gasteiger partial charge in [-0.05, 0) is 36.4 Å². The Hall–Kier alpha value is -3.75. The number of carbonyl (C=O) groups is 1. The number of hydrogen-bond acceptors (Lipinski definition) is 7. The van der Waals surface area contributed by atoms with Gasteiger partial charge in [-0.15, -0.1) is 0 Å². The highest BCUT2D eigenvalue weighted by Crippen LogP contribution is 2.41. The topological polar surface area (TPSA) is 82.5 Å². The van der Waals surface area contributed by atoms with Gasteiger partial charge in [-0.3, -0.25) is 4.79 Å². The van der Waals surface area contributed by atoms with Crippen LogP contribution in [0.1, 0.15) is 11.1 Å². The smallest absolute Gasteiger partial charge is 0.179 e. The molecule has 2 aromatic carbocycles. The van der Waals surface area contributed by atoms with Crippen LogP contribution in [0.15, 0.2) is 24.3 Å². The highest BCUT2D eigenvalue weighted by Gasteiger charge is 2.20. The van der Waals surface area contributed by atoms with Crippen molar-refractivity contribution >= 4 is 29.3 Å². The molecule has 0 unspecified atom stereocenters. The second-order valence-electron chi connectivity index (χ2n) is 7.22. The first-order chi connectivity index (χ1) is 15.0. The molecule has 0 aliphatic carbocycles. The highest BCUT2D eigenvalue weighted by molar-refractivity contribution is 6.04. The number of hydrogen-bond donors (Lipinski definition) is 2. The first kappa shape index (κ1) is 24.5. The normalized spacial score (nSPS) is 11.2. The minimum absolute atomic E-state index is 0.0625. The Labute approximate surface area is 185 Å². The first-order valence-corrected chi connectivity index (χ1v) is 9.47. The number of carbonyl (C=O) groups excluding carboxylic acids is 1. The Morgan fingerprint density at radius 3 is 1.44 bits per heavy atom. The fraction of sp³-hybridized carbons (Fsp3) is 0.261. The Kier molecular flexibility index (Phi) is 7.69. The summed E-state index contributed by atoms with van der Waals surface area (Å²) in [6.45, 7) is 0. The molecule has 0 bridgehead atoms. The minimum Gasteiger partial charge on any atom is -0.503 e. The molecule has 0 aromatic heterocycles. The lowest BCUT2D eigenvalue weighted by molar-refractivity contribution is -0.110. The van der Waals surface area contributed by atoms with E-state index in [0.29, 0.717) is 0 Å². The Balaban J connectivity index is 2.34. The Morgan fingerprint density at radius 2 is 1.16 bits per heavy atom. The van der Waals surface area contributed by atoms with E-state index in [4.69, 9.17) is 9.47 Å². The van der Waals surface area contributed by atoms with Crippen LogP contribution < -0.4 is 19.3 Å². The van der Waals surface area contributed by atoms with Gasteiger partial charge in [0.15, 0.2) is 28.9 Å². The molecular weight excluding hydrogens is 422 g/mol. The lowest BCUT2D eigenvalue weighted by Crippen LogP contribution is -2.11. The standard InChI is InChI=1S/C23H26F2N2O5/c1-26(2)20-16(31-5)11-13(18(24)22(20)29)7-9-15(28)10-8-14-12-17(32-6)21(27(3)4)23(30)19(14)25/h7-12,29-30H,1-6H3/b9-7+,10-8+. The molecule has 0 saturated heterocycles. The predicted molar refractivity (Wildman–Crippen MR) is 121 cm³/mol.